The highest BCUT2D eigenvalue weighted by Crippen LogP contribution is 2.20. The van der Waals surface area contributed by atoms with Gasteiger partial charge in [-0.25, -0.2) is 9.37 Å². The fourth-order valence-corrected chi connectivity index (χ4v) is 2.24. The topological polar surface area (TPSA) is 76.0 Å². The fraction of sp³-hybridized carbons (Fsp3) is 0.0625. The van der Waals surface area contributed by atoms with Crippen LogP contribution in [-0.2, 0) is 11.8 Å². The number of nitrogens with one attached hydrogen (secondary N) is 2. The van der Waals surface area contributed by atoms with Crippen LogP contribution in [0.4, 0.5) is 16.0 Å². The molecule has 6 nitrogen and oxygen atoms in total. The number of halogens is 1. The molecule has 1 heterocycles. The van der Waals surface area contributed by atoms with Crippen molar-refractivity contribution < 1.29 is 14.0 Å². The van der Waals surface area contributed by atoms with Gasteiger partial charge in [0.25, 0.3) is 5.91 Å². The molecule has 1 aromatic heterocycles. The number of nitrogens with zero attached hydrogens (tertiary/aromatic N) is 2. The van der Waals surface area contributed by atoms with E-state index in [9.17, 15) is 14.0 Å². The van der Waals surface area contributed by atoms with Crippen molar-refractivity contribution in [3.05, 3.63) is 53.8 Å². The van der Waals surface area contributed by atoms with Crippen LogP contribution in [0, 0.1) is 5.82 Å². The van der Waals surface area contributed by atoms with Gasteiger partial charge in [-0.15, -0.1) is 0 Å². The van der Waals surface area contributed by atoms with E-state index in [1.807, 2.05) is 0 Å². The zero-order valence-electron chi connectivity index (χ0n) is 12.2. The maximum Gasteiger partial charge on any atom is 0.257 e. The van der Waals surface area contributed by atoms with E-state index < -0.39 is 0 Å². The highest BCUT2D eigenvalue weighted by atomic mass is 19.1. The zero-order valence-corrected chi connectivity index (χ0v) is 12.2. The molecular weight excluding hydrogens is 299 g/mol. The summed E-state index contributed by atoms with van der Waals surface area (Å²) in [6.07, 6.45) is 0.563. The van der Waals surface area contributed by atoms with Crippen LogP contribution in [0.3, 0.4) is 0 Å². The highest BCUT2D eigenvalue weighted by molar-refractivity contribution is 6.04. The molecule has 0 aliphatic rings. The van der Waals surface area contributed by atoms with Gasteiger partial charge in [0, 0.05) is 24.4 Å². The van der Waals surface area contributed by atoms with Crippen molar-refractivity contribution >= 4 is 35.0 Å². The number of rotatable bonds is 4. The standard InChI is InChI=1S/C16H13FN4O2/c1-21-14-7-4-11(17)8-13(14)19-16(21)20-15(23)10-2-5-12(6-3-10)18-9-22/h2-9H,1H3,(H,18,22)(H,19,20,23). The van der Waals surface area contributed by atoms with Crippen molar-refractivity contribution in [2.75, 3.05) is 10.6 Å². The first kappa shape index (κ1) is 14.7. The Hall–Kier alpha value is -3.22. The van der Waals surface area contributed by atoms with Crippen molar-refractivity contribution in [1.29, 1.82) is 0 Å². The van der Waals surface area contributed by atoms with Gasteiger partial charge in [0.05, 0.1) is 11.0 Å². The number of amides is 2. The van der Waals surface area contributed by atoms with E-state index in [4.69, 9.17) is 0 Å². The van der Waals surface area contributed by atoms with E-state index in [0.29, 0.717) is 34.6 Å². The second-order valence-corrected chi connectivity index (χ2v) is 4.92. The molecule has 7 heteroatoms. The van der Waals surface area contributed by atoms with Gasteiger partial charge in [0.2, 0.25) is 12.4 Å². The largest absolute Gasteiger partial charge is 0.329 e. The number of carbonyl (C=O) groups excluding carboxylic acids is 2. The van der Waals surface area contributed by atoms with Gasteiger partial charge in [-0.1, -0.05) is 0 Å². The summed E-state index contributed by atoms with van der Waals surface area (Å²) in [7, 11) is 1.74. The third-order valence-corrected chi connectivity index (χ3v) is 3.44. The lowest BCUT2D eigenvalue weighted by Gasteiger charge is -2.06. The molecule has 0 radical (unpaired) electrons. The van der Waals surface area contributed by atoms with E-state index in [1.165, 1.54) is 12.1 Å². The molecule has 0 unspecified atom stereocenters. The number of hydrogen-bond acceptors (Lipinski definition) is 3. The van der Waals surface area contributed by atoms with E-state index in [2.05, 4.69) is 15.6 Å². The Morgan fingerprint density at radius 3 is 2.65 bits per heavy atom. The minimum absolute atomic E-state index is 0.325. The molecular formula is C16H13FN4O2. The number of aromatic nitrogens is 2. The quantitative estimate of drug-likeness (QED) is 0.727. The van der Waals surface area contributed by atoms with Crippen molar-refractivity contribution in [1.82, 2.24) is 9.55 Å². The number of carbonyl (C=O) groups is 2. The summed E-state index contributed by atoms with van der Waals surface area (Å²) < 4.78 is 14.9. The molecule has 0 spiro atoms. The molecule has 0 aliphatic heterocycles. The summed E-state index contributed by atoms with van der Waals surface area (Å²) in [6.45, 7) is 0. The minimum atomic E-state index is -0.383. The lowest BCUT2D eigenvalue weighted by atomic mass is 10.2. The molecule has 0 saturated carbocycles. The number of benzene rings is 2. The summed E-state index contributed by atoms with van der Waals surface area (Å²) in [4.78, 5) is 26.8. The second-order valence-electron chi connectivity index (χ2n) is 4.92. The molecule has 0 fully saturated rings. The molecule has 116 valence electrons. The normalized spacial score (nSPS) is 10.5. The molecule has 2 aromatic carbocycles. The zero-order chi connectivity index (χ0) is 16.4. The van der Waals surface area contributed by atoms with Crippen LogP contribution in [0.5, 0.6) is 0 Å². The SMILES string of the molecule is Cn1c(NC(=O)c2ccc(NC=O)cc2)nc2cc(F)ccc21. The molecule has 23 heavy (non-hydrogen) atoms. The molecule has 2 amide bonds. The fourth-order valence-electron chi connectivity index (χ4n) is 2.24. The van der Waals surface area contributed by atoms with E-state index in [0.717, 1.165) is 0 Å². The van der Waals surface area contributed by atoms with Gasteiger partial charge in [0.15, 0.2) is 0 Å². The molecule has 0 saturated heterocycles. The van der Waals surface area contributed by atoms with Crippen LogP contribution in [0.1, 0.15) is 10.4 Å². The molecule has 0 bridgehead atoms. The van der Waals surface area contributed by atoms with Crippen molar-refractivity contribution in [3.63, 3.8) is 0 Å². The van der Waals surface area contributed by atoms with Crippen LogP contribution < -0.4 is 10.6 Å². The lowest BCUT2D eigenvalue weighted by Crippen LogP contribution is -2.15. The predicted octanol–water partition coefficient (Wildman–Crippen LogP) is 2.53. The number of fused-ring (bicyclic) bond motifs is 1. The monoisotopic (exact) mass is 312 g/mol. The van der Waals surface area contributed by atoms with Gasteiger partial charge < -0.3 is 9.88 Å². The van der Waals surface area contributed by atoms with Crippen molar-refractivity contribution in [2.45, 2.75) is 0 Å². The number of anilines is 2. The Balaban J connectivity index is 1.84. The van der Waals surface area contributed by atoms with Gasteiger partial charge in [-0.2, -0.15) is 0 Å². The first-order valence-electron chi connectivity index (χ1n) is 6.82. The van der Waals surface area contributed by atoms with Crippen molar-refractivity contribution in [3.8, 4) is 0 Å². The maximum atomic E-state index is 13.2. The lowest BCUT2D eigenvalue weighted by molar-refractivity contribution is -0.105. The number of hydrogen-bond donors (Lipinski definition) is 2. The van der Waals surface area contributed by atoms with Crippen LogP contribution in [0.15, 0.2) is 42.5 Å². The third kappa shape index (κ3) is 2.89. The first-order valence-corrected chi connectivity index (χ1v) is 6.82. The Bertz CT molecular complexity index is 887. The van der Waals surface area contributed by atoms with Gasteiger partial charge in [-0.05, 0) is 36.4 Å². The van der Waals surface area contributed by atoms with Gasteiger partial charge in [-0.3, -0.25) is 14.9 Å². The predicted molar refractivity (Wildman–Crippen MR) is 84.8 cm³/mol. The number of imidazole rings is 1. The molecule has 3 rings (SSSR count). The molecule has 2 N–H and O–H groups in total. The Kier molecular flexibility index (Phi) is 3.76. The Morgan fingerprint density at radius 2 is 1.96 bits per heavy atom. The summed E-state index contributed by atoms with van der Waals surface area (Å²) in [5.74, 6) is -0.404. The van der Waals surface area contributed by atoms with Crippen LogP contribution in [0.2, 0.25) is 0 Å². The van der Waals surface area contributed by atoms with Gasteiger partial charge >= 0.3 is 0 Å². The Morgan fingerprint density at radius 1 is 1.22 bits per heavy atom. The van der Waals surface area contributed by atoms with Crippen LogP contribution in [0.25, 0.3) is 11.0 Å². The average Bonchev–Trinajstić information content (AvgIpc) is 2.83. The smallest absolute Gasteiger partial charge is 0.257 e. The van der Waals surface area contributed by atoms with Crippen molar-refractivity contribution in [2.24, 2.45) is 7.05 Å². The highest BCUT2D eigenvalue weighted by Gasteiger charge is 2.12. The average molecular weight is 312 g/mol. The Labute approximate surface area is 130 Å². The van der Waals surface area contributed by atoms with Crippen LogP contribution in [-0.4, -0.2) is 21.9 Å². The first-order chi connectivity index (χ1) is 11.1. The summed E-state index contributed by atoms with van der Waals surface area (Å²) in [6, 6.07) is 10.7. The minimum Gasteiger partial charge on any atom is -0.329 e. The molecule has 0 atom stereocenters. The van der Waals surface area contributed by atoms with Gasteiger partial charge in [0.1, 0.15) is 5.82 Å². The van der Waals surface area contributed by atoms with E-state index in [-0.39, 0.29) is 11.7 Å². The van der Waals surface area contributed by atoms with E-state index >= 15 is 0 Å². The summed E-state index contributed by atoms with van der Waals surface area (Å²) >= 11 is 0. The molecule has 0 aliphatic carbocycles. The van der Waals surface area contributed by atoms with Crippen LogP contribution >= 0.6 is 0 Å². The maximum absolute atomic E-state index is 13.2. The summed E-state index contributed by atoms with van der Waals surface area (Å²) in [5, 5.41) is 5.18. The third-order valence-electron chi connectivity index (χ3n) is 3.44. The summed E-state index contributed by atoms with van der Waals surface area (Å²) in [5.41, 5.74) is 2.19. The second kappa shape index (κ2) is 5.88. The number of aryl methyl sites for hydroxylation is 1. The molecule has 3 aromatic rings. The van der Waals surface area contributed by atoms with E-state index in [1.54, 1.807) is 41.9 Å².